The predicted octanol–water partition coefficient (Wildman–Crippen LogP) is 3.44. The molecule has 0 aliphatic heterocycles. The minimum absolute atomic E-state index is 0.137. The molecule has 0 saturated carbocycles. The van der Waals surface area contributed by atoms with E-state index in [9.17, 15) is 9.59 Å². The van der Waals surface area contributed by atoms with Crippen LogP contribution in [0, 0.1) is 0 Å². The highest BCUT2D eigenvalue weighted by molar-refractivity contribution is 7.99. The second-order valence-corrected chi connectivity index (χ2v) is 7.71. The lowest BCUT2D eigenvalue weighted by molar-refractivity contribution is -0.119. The van der Waals surface area contributed by atoms with E-state index in [-0.39, 0.29) is 23.4 Å². The van der Waals surface area contributed by atoms with Gasteiger partial charge in [0.2, 0.25) is 5.91 Å². The molecule has 6 nitrogen and oxygen atoms in total. The summed E-state index contributed by atoms with van der Waals surface area (Å²) in [5.41, 5.74) is 1.80. The first-order valence-electron chi connectivity index (χ1n) is 8.89. The van der Waals surface area contributed by atoms with Crippen molar-refractivity contribution in [3.8, 4) is 0 Å². The summed E-state index contributed by atoms with van der Waals surface area (Å²) in [7, 11) is 0. The quantitative estimate of drug-likeness (QED) is 0.551. The number of hydrogen-bond donors (Lipinski definition) is 2. The van der Waals surface area contributed by atoms with Crippen molar-refractivity contribution < 1.29 is 4.79 Å². The highest BCUT2D eigenvalue weighted by atomic mass is 35.5. The van der Waals surface area contributed by atoms with E-state index >= 15 is 0 Å². The Morgan fingerprint density at radius 3 is 2.79 bits per heavy atom. The van der Waals surface area contributed by atoms with Crippen molar-refractivity contribution in [2.24, 2.45) is 0 Å². The first-order valence-corrected chi connectivity index (χ1v) is 10.3. The van der Waals surface area contributed by atoms with Gasteiger partial charge in [0.05, 0.1) is 11.8 Å². The molecule has 0 bridgehead atoms. The van der Waals surface area contributed by atoms with Gasteiger partial charge in [0, 0.05) is 11.6 Å². The summed E-state index contributed by atoms with van der Waals surface area (Å²) in [4.78, 5) is 24.3. The highest BCUT2D eigenvalue weighted by Crippen LogP contribution is 2.18. The van der Waals surface area contributed by atoms with Crippen LogP contribution in [0.2, 0.25) is 5.02 Å². The zero-order chi connectivity index (χ0) is 19.9. The molecule has 1 aromatic heterocycles. The van der Waals surface area contributed by atoms with Gasteiger partial charge < -0.3 is 5.32 Å². The van der Waals surface area contributed by atoms with Gasteiger partial charge in [-0.3, -0.25) is 9.36 Å². The SMILES string of the molecule is C[C@H](NC(=O)CSc1n[nH]c(=O)n1CCc1ccccc1)c1cccc(Cl)c1. The Morgan fingerprint density at radius 2 is 2.04 bits per heavy atom. The standard InChI is InChI=1S/C20H21ClN4O2S/c1-14(16-8-5-9-17(21)12-16)22-18(26)13-28-20-24-23-19(27)25(20)11-10-15-6-3-2-4-7-15/h2-9,12,14H,10-11,13H2,1H3,(H,22,26)(H,23,27)/t14-/m0/s1. The average molecular weight is 417 g/mol. The Morgan fingerprint density at radius 1 is 1.25 bits per heavy atom. The fourth-order valence-electron chi connectivity index (χ4n) is 2.77. The molecule has 0 fully saturated rings. The number of aromatic nitrogens is 3. The van der Waals surface area contributed by atoms with Crippen LogP contribution in [0.1, 0.15) is 24.1 Å². The third kappa shape index (κ3) is 5.50. The fourth-order valence-corrected chi connectivity index (χ4v) is 3.75. The van der Waals surface area contributed by atoms with Crippen molar-refractivity contribution >= 4 is 29.3 Å². The van der Waals surface area contributed by atoms with Crippen LogP contribution >= 0.6 is 23.4 Å². The van der Waals surface area contributed by atoms with Crippen molar-refractivity contribution in [3.05, 3.63) is 81.2 Å². The van der Waals surface area contributed by atoms with Crippen LogP contribution in [-0.2, 0) is 17.8 Å². The lowest BCUT2D eigenvalue weighted by Gasteiger charge is -2.14. The Bertz CT molecular complexity index is 987. The van der Waals surface area contributed by atoms with Gasteiger partial charge in [-0.2, -0.15) is 0 Å². The Hall–Kier alpha value is -2.51. The molecule has 0 aliphatic carbocycles. The van der Waals surface area contributed by atoms with E-state index in [4.69, 9.17) is 11.6 Å². The summed E-state index contributed by atoms with van der Waals surface area (Å²) in [6.07, 6.45) is 0.714. The van der Waals surface area contributed by atoms with Crippen LogP contribution in [0.4, 0.5) is 0 Å². The Labute approximate surface area is 172 Å². The van der Waals surface area contributed by atoms with Gasteiger partial charge in [-0.05, 0) is 36.6 Å². The molecule has 3 rings (SSSR count). The average Bonchev–Trinajstić information content (AvgIpc) is 3.05. The molecule has 1 atom stereocenters. The van der Waals surface area contributed by atoms with Crippen LogP contribution in [0.3, 0.4) is 0 Å². The summed E-state index contributed by atoms with van der Waals surface area (Å²) >= 11 is 7.23. The Kier molecular flexibility index (Phi) is 6.95. The van der Waals surface area contributed by atoms with Gasteiger partial charge in [-0.15, -0.1) is 5.10 Å². The van der Waals surface area contributed by atoms with E-state index in [0.29, 0.717) is 23.1 Å². The van der Waals surface area contributed by atoms with E-state index in [1.165, 1.54) is 11.8 Å². The maximum atomic E-state index is 12.3. The molecule has 1 heterocycles. The molecule has 2 aromatic carbocycles. The van der Waals surface area contributed by atoms with E-state index in [1.54, 1.807) is 10.6 Å². The summed E-state index contributed by atoms with van der Waals surface area (Å²) in [6.45, 7) is 2.40. The second kappa shape index (κ2) is 9.61. The molecule has 0 spiro atoms. The van der Waals surface area contributed by atoms with Gasteiger partial charge in [0.15, 0.2) is 5.16 Å². The Balaban J connectivity index is 1.55. The number of hydrogen-bond acceptors (Lipinski definition) is 4. The van der Waals surface area contributed by atoms with Gasteiger partial charge in [-0.25, -0.2) is 9.89 Å². The molecule has 1 amide bonds. The number of nitrogens with zero attached hydrogens (tertiary/aromatic N) is 2. The number of carbonyl (C=O) groups excluding carboxylic acids is 1. The van der Waals surface area contributed by atoms with Crippen LogP contribution in [0.15, 0.2) is 64.5 Å². The lowest BCUT2D eigenvalue weighted by atomic mass is 10.1. The molecular formula is C20H21ClN4O2S. The smallest absolute Gasteiger partial charge is 0.343 e. The molecular weight excluding hydrogens is 396 g/mol. The summed E-state index contributed by atoms with van der Waals surface area (Å²) < 4.78 is 1.56. The maximum Gasteiger partial charge on any atom is 0.343 e. The number of nitrogens with one attached hydrogen (secondary N) is 2. The molecule has 0 aliphatic rings. The van der Waals surface area contributed by atoms with E-state index < -0.39 is 0 Å². The molecule has 2 N–H and O–H groups in total. The number of thioether (sulfide) groups is 1. The molecule has 146 valence electrons. The number of aryl methyl sites for hydroxylation is 1. The molecule has 3 aromatic rings. The third-order valence-electron chi connectivity index (χ3n) is 4.25. The third-order valence-corrected chi connectivity index (χ3v) is 5.46. The number of H-pyrrole nitrogens is 1. The first kappa shape index (κ1) is 20.2. The van der Waals surface area contributed by atoms with Crippen molar-refractivity contribution in [2.75, 3.05) is 5.75 Å². The van der Waals surface area contributed by atoms with Gasteiger partial charge >= 0.3 is 5.69 Å². The number of amides is 1. The van der Waals surface area contributed by atoms with E-state index in [1.807, 2.05) is 55.5 Å². The monoisotopic (exact) mass is 416 g/mol. The zero-order valence-corrected chi connectivity index (χ0v) is 17.0. The first-order chi connectivity index (χ1) is 13.5. The van der Waals surface area contributed by atoms with Crippen LogP contribution < -0.4 is 11.0 Å². The molecule has 28 heavy (non-hydrogen) atoms. The summed E-state index contributed by atoms with van der Waals surface area (Å²) in [6, 6.07) is 17.2. The van der Waals surface area contributed by atoms with Crippen LogP contribution in [0.25, 0.3) is 0 Å². The van der Waals surface area contributed by atoms with E-state index in [0.717, 1.165) is 11.1 Å². The van der Waals surface area contributed by atoms with Crippen molar-refractivity contribution in [2.45, 2.75) is 31.1 Å². The normalized spacial score (nSPS) is 11.9. The fraction of sp³-hybridized carbons (Fsp3) is 0.250. The largest absolute Gasteiger partial charge is 0.349 e. The zero-order valence-electron chi connectivity index (χ0n) is 15.4. The predicted molar refractivity (Wildman–Crippen MR) is 112 cm³/mol. The van der Waals surface area contributed by atoms with Crippen molar-refractivity contribution in [1.29, 1.82) is 0 Å². The minimum atomic E-state index is -0.272. The minimum Gasteiger partial charge on any atom is -0.349 e. The molecule has 8 heteroatoms. The maximum absolute atomic E-state index is 12.3. The molecule has 0 saturated heterocycles. The number of halogens is 1. The van der Waals surface area contributed by atoms with Crippen LogP contribution in [0.5, 0.6) is 0 Å². The lowest BCUT2D eigenvalue weighted by Crippen LogP contribution is -2.28. The van der Waals surface area contributed by atoms with Crippen LogP contribution in [-0.4, -0.2) is 26.4 Å². The summed E-state index contributed by atoms with van der Waals surface area (Å²) in [5.74, 6) is 0.0307. The van der Waals surface area contributed by atoms with E-state index in [2.05, 4.69) is 15.5 Å². The second-order valence-electron chi connectivity index (χ2n) is 6.33. The van der Waals surface area contributed by atoms with Crippen molar-refractivity contribution in [1.82, 2.24) is 20.1 Å². The number of carbonyl (C=O) groups is 1. The van der Waals surface area contributed by atoms with Gasteiger partial charge in [0.25, 0.3) is 0 Å². The van der Waals surface area contributed by atoms with Crippen molar-refractivity contribution in [3.63, 3.8) is 0 Å². The molecule has 0 unspecified atom stereocenters. The topological polar surface area (TPSA) is 79.8 Å². The van der Waals surface area contributed by atoms with Gasteiger partial charge in [-0.1, -0.05) is 65.8 Å². The molecule has 0 radical (unpaired) electrons. The summed E-state index contributed by atoms with van der Waals surface area (Å²) in [5, 5.41) is 10.6. The number of rotatable bonds is 8. The highest BCUT2D eigenvalue weighted by Gasteiger charge is 2.14. The number of benzene rings is 2. The van der Waals surface area contributed by atoms with Gasteiger partial charge in [0.1, 0.15) is 0 Å². The number of aromatic amines is 1.